The van der Waals surface area contributed by atoms with E-state index < -0.39 is 10.0 Å². The molecule has 0 saturated heterocycles. The van der Waals surface area contributed by atoms with Crippen molar-refractivity contribution < 1.29 is 27.2 Å². The Labute approximate surface area is 261 Å². The van der Waals surface area contributed by atoms with Gasteiger partial charge in [0.05, 0.1) is 37.3 Å². The molecule has 0 aliphatic carbocycles. The van der Waals surface area contributed by atoms with E-state index in [4.69, 9.17) is 23.8 Å². The zero-order valence-electron chi connectivity index (χ0n) is 25.1. The quantitative estimate of drug-likeness (QED) is 0.153. The van der Waals surface area contributed by atoms with Crippen LogP contribution in [0.15, 0.2) is 113 Å². The minimum absolute atomic E-state index is 0.134. The zero-order chi connectivity index (χ0) is 31.4. The SMILES string of the molecule is CCOc1cc(-c2nn3ccccc3c2-c2ccccc2S(=O)(=O)N(Cc2ccc(OC)cc2)Cc2ccc(OC)cc2)no1. The Bertz CT molecular complexity index is 1970. The number of methoxy groups -OCH3 is 2. The molecule has 6 aromatic rings. The summed E-state index contributed by atoms with van der Waals surface area (Å²) in [6.07, 6.45) is 1.81. The van der Waals surface area contributed by atoms with Crippen molar-refractivity contribution in [3.63, 3.8) is 0 Å². The summed E-state index contributed by atoms with van der Waals surface area (Å²) in [6, 6.07) is 29.0. The average Bonchev–Trinajstić information content (AvgIpc) is 3.70. The maximum absolute atomic E-state index is 14.8. The lowest BCUT2D eigenvalue weighted by Crippen LogP contribution is -2.30. The molecule has 0 bridgehead atoms. The molecule has 10 nitrogen and oxygen atoms in total. The minimum atomic E-state index is -4.09. The molecule has 0 spiro atoms. The lowest BCUT2D eigenvalue weighted by molar-refractivity contribution is 0.226. The second-order valence-corrected chi connectivity index (χ2v) is 12.1. The van der Waals surface area contributed by atoms with Gasteiger partial charge < -0.3 is 18.7 Å². The van der Waals surface area contributed by atoms with Crippen molar-refractivity contribution in [2.24, 2.45) is 0 Å². The van der Waals surface area contributed by atoms with Gasteiger partial charge in [0.2, 0.25) is 10.0 Å². The zero-order valence-corrected chi connectivity index (χ0v) is 25.9. The van der Waals surface area contributed by atoms with Crippen LogP contribution in [0, 0.1) is 0 Å². The highest BCUT2D eigenvalue weighted by Gasteiger charge is 2.31. The van der Waals surface area contributed by atoms with E-state index in [9.17, 15) is 8.42 Å². The van der Waals surface area contributed by atoms with Crippen LogP contribution in [0.2, 0.25) is 0 Å². The van der Waals surface area contributed by atoms with E-state index in [-0.39, 0.29) is 23.9 Å². The van der Waals surface area contributed by atoms with Crippen LogP contribution in [0.3, 0.4) is 0 Å². The van der Waals surface area contributed by atoms with E-state index in [0.29, 0.717) is 46.1 Å². The van der Waals surface area contributed by atoms with Crippen LogP contribution >= 0.6 is 0 Å². The molecule has 11 heteroatoms. The Morgan fingerprint density at radius 2 is 1.44 bits per heavy atom. The van der Waals surface area contributed by atoms with Crippen molar-refractivity contribution in [3.05, 3.63) is 114 Å². The van der Waals surface area contributed by atoms with Gasteiger partial charge in [0.15, 0.2) is 0 Å². The monoisotopic (exact) mass is 624 g/mol. The summed E-state index contributed by atoms with van der Waals surface area (Å²) in [7, 11) is -0.901. The summed E-state index contributed by atoms with van der Waals surface area (Å²) in [5.74, 6) is 1.63. The third kappa shape index (κ3) is 6.13. The summed E-state index contributed by atoms with van der Waals surface area (Å²) in [4.78, 5) is 0.139. The molecule has 3 aromatic carbocycles. The number of ether oxygens (including phenoxy) is 3. The van der Waals surface area contributed by atoms with E-state index >= 15 is 0 Å². The van der Waals surface area contributed by atoms with Crippen molar-refractivity contribution in [1.29, 1.82) is 0 Å². The van der Waals surface area contributed by atoms with Gasteiger partial charge in [0, 0.05) is 30.4 Å². The first kappa shape index (κ1) is 29.9. The number of fused-ring (bicyclic) bond motifs is 1. The molecule has 0 saturated carbocycles. The lowest BCUT2D eigenvalue weighted by atomic mass is 10.0. The molecule has 0 radical (unpaired) electrons. The summed E-state index contributed by atoms with van der Waals surface area (Å²) in [5, 5.41) is 8.97. The first-order valence-corrected chi connectivity index (χ1v) is 15.8. The fraction of sp³-hybridized carbons (Fsp3) is 0.176. The maximum atomic E-state index is 14.8. The summed E-state index contributed by atoms with van der Waals surface area (Å²) in [5.41, 5.74) is 4.34. The van der Waals surface area contributed by atoms with Gasteiger partial charge >= 0.3 is 5.95 Å². The van der Waals surface area contributed by atoms with Crippen molar-refractivity contribution in [3.8, 4) is 40.0 Å². The number of hydrogen-bond acceptors (Lipinski definition) is 8. The van der Waals surface area contributed by atoms with Gasteiger partial charge in [-0.3, -0.25) is 0 Å². The highest BCUT2D eigenvalue weighted by atomic mass is 32.2. The van der Waals surface area contributed by atoms with Gasteiger partial charge in [-0.25, -0.2) is 12.9 Å². The average molecular weight is 625 g/mol. The molecule has 0 N–H and O–H groups in total. The number of hydrogen-bond donors (Lipinski definition) is 0. The van der Waals surface area contributed by atoms with Gasteiger partial charge in [0.25, 0.3) is 0 Å². The first-order valence-electron chi connectivity index (χ1n) is 14.3. The van der Waals surface area contributed by atoms with Crippen molar-refractivity contribution in [2.75, 3.05) is 20.8 Å². The normalized spacial score (nSPS) is 11.6. The standard InChI is InChI=1S/C34H32N4O6S/c1-4-43-32-21-29(36-44-32)34-33(30-10-7-8-20-38(30)35-34)28-9-5-6-11-31(28)45(39,40)37(22-24-12-16-26(41-2)17-13-24)23-25-14-18-27(42-3)19-15-25/h5-21H,4,22-23H2,1-3H3. The molecular weight excluding hydrogens is 592 g/mol. The highest BCUT2D eigenvalue weighted by Crippen LogP contribution is 2.40. The lowest BCUT2D eigenvalue weighted by Gasteiger charge is -2.24. The molecule has 3 aromatic heterocycles. The second kappa shape index (κ2) is 12.8. The summed E-state index contributed by atoms with van der Waals surface area (Å²) < 4.78 is 54.2. The second-order valence-electron chi connectivity index (χ2n) is 10.2. The Morgan fingerprint density at radius 3 is 2.07 bits per heavy atom. The minimum Gasteiger partial charge on any atom is -0.497 e. The largest absolute Gasteiger partial charge is 0.497 e. The van der Waals surface area contributed by atoms with Crippen LogP contribution in [-0.4, -0.2) is 48.3 Å². The van der Waals surface area contributed by atoms with Gasteiger partial charge in [0.1, 0.15) is 22.9 Å². The predicted molar refractivity (Wildman–Crippen MR) is 170 cm³/mol. The molecule has 0 atom stereocenters. The molecule has 0 fully saturated rings. The highest BCUT2D eigenvalue weighted by molar-refractivity contribution is 7.89. The molecule has 6 rings (SSSR count). The fourth-order valence-electron chi connectivity index (χ4n) is 5.16. The number of aromatic nitrogens is 3. The summed E-state index contributed by atoms with van der Waals surface area (Å²) >= 11 is 0. The third-order valence-electron chi connectivity index (χ3n) is 7.37. The van der Waals surface area contributed by atoms with Crippen LogP contribution in [0.5, 0.6) is 17.4 Å². The van der Waals surface area contributed by atoms with E-state index in [0.717, 1.165) is 11.1 Å². The molecule has 45 heavy (non-hydrogen) atoms. The molecular formula is C34H32N4O6S. The van der Waals surface area contributed by atoms with Gasteiger partial charge in [-0.2, -0.15) is 9.40 Å². The number of rotatable bonds is 12. The Hall–Kier alpha value is -5.13. The predicted octanol–water partition coefficient (Wildman–Crippen LogP) is 6.46. The third-order valence-corrected chi connectivity index (χ3v) is 9.22. The molecule has 3 heterocycles. The van der Waals surface area contributed by atoms with Crippen LogP contribution in [-0.2, 0) is 23.1 Å². The Balaban J connectivity index is 1.48. The molecule has 230 valence electrons. The van der Waals surface area contributed by atoms with E-state index in [2.05, 4.69) is 5.16 Å². The number of pyridine rings is 1. The smallest absolute Gasteiger partial charge is 0.311 e. The van der Waals surface area contributed by atoms with Crippen molar-refractivity contribution >= 4 is 15.5 Å². The molecule has 0 unspecified atom stereocenters. The van der Waals surface area contributed by atoms with Crippen LogP contribution in [0.1, 0.15) is 18.1 Å². The topological polar surface area (TPSA) is 108 Å². The van der Waals surface area contributed by atoms with Crippen molar-refractivity contribution in [2.45, 2.75) is 24.9 Å². The Morgan fingerprint density at radius 1 is 0.822 bits per heavy atom. The first-order chi connectivity index (χ1) is 21.9. The van der Waals surface area contributed by atoms with Crippen molar-refractivity contribution in [1.82, 2.24) is 19.1 Å². The van der Waals surface area contributed by atoms with Gasteiger partial charge in [-0.05, 0) is 60.5 Å². The number of nitrogens with zero attached hydrogens (tertiary/aromatic N) is 4. The van der Waals surface area contributed by atoms with E-state index in [1.807, 2.05) is 85.9 Å². The number of sulfonamides is 1. The Kier molecular flexibility index (Phi) is 8.54. The molecule has 0 amide bonds. The van der Waals surface area contributed by atoms with Crippen LogP contribution in [0.4, 0.5) is 0 Å². The molecule has 0 aliphatic heterocycles. The molecule has 0 aliphatic rings. The van der Waals surface area contributed by atoms with Gasteiger partial charge in [-0.15, -0.1) is 0 Å². The summed E-state index contributed by atoms with van der Waals surface area (Å²) in [6.45, 7) is 2.53. The maximum Gasteiger partial charge on any atom is 0.311 e. The van der Waals surface area contributed by atoms with E-state index in [1.54, 1.807) is 43.0 Å². The van der Waals surface area contributed by atoms with E-state index in [1.165, 1.54) is 4.31 Å². The number of benzene rings is 3. The van der Waals surface area contributed by atoms with Gasteiger partial charge in [-0.1, -0.05) is 53.7 Å². The van der Waals surface area contributed by atoms with Crippen LogP contribution < -0.4 is 14.2 Å². The fourth-order valence-corrected chi connectivity index (χ4v) is 6.77. The van der Waals surface area contributed by atoms with Crippen LogP contribution in [0.25, 0.3) is 28.0 Å².